The maximum absolute atomic E-state index is 12.0. The number of hydrogen-bond donors (Lipinski definition) is 4. The summed E-state index contributed by atoms with van der Waals surface area (Å²) >= 11 is 0. The van der Waals surface area contributed by atoms with Crippen LogP contribution in [0.3, 0.4) is 0 Å². The molecule has 0 heterocycles. The molecule has 0 bridgehead atoms. The van der Waals surface area contributed by atoms with E-state index >= 15 is 0 Å². The Balaban J connectivity index is 1.50. The van der Waals surface area contributed by atoms with Crippen molar-refractivity contribution >= 4 is 24.6 Å². The molecule has 0 radical (unpaired) electrons. The van der Waals surface area contributed by atoms with Crippen LogP contribution in [0.5, 0.6) is 23.0 Å². The summed E-state index contributed by atoms with van der Waals surface area (Å²) in [6.07, 6.45) is 1.12. The third-order valence-corrected chi connectivity index (χ3v) is 6.09. The smallest absolute Gasteiger partial charge is 0.428 e. The molecule has 0 aliphatic rings. The van der Waals surface area contributed by atoms with Crippen molar-refractivity contribution in [1.82, 2.24) is 10.9 Å². The molecule has 0 saturated heterocycles. The molecule has 0 aliphatic carbocycles. The van der Waals surface area contributed by atoms with Crippen LogP contribution in [0.15, 0.2) is 95.1 Å². The largest absolute Gasteiger partial charge is 0.504 e. The van der Waals surface area contributed by atoms with Gasteiger partial charge >= 0.3 is 12.2 Å². The topological polar surface area (TPSA) is 160 Å². The monoisotopic (exact) mass is 598 g/mol. The van der Waals surface area contributed by atoms with Crippen LogP contribution in [0.4, 0.5) is 9.59 Å². The van der Waals surface area contributed by atoms with Crippen molar-refractivity contribution in [3.8, 4) is 34.1 Å². The van der Waals surface area contributed by atoms with Crippen LogP contribution in [0, 0.1) is 0 Å². The average molecular weight is 599 g/mol. The Bertz CT molecular complexity index is 1520. The van der Waals surface area contributed by atoms with Crippen LogP contribution >= 0.6 is 0 Å². The summed E-state index contributed by atoms with van der Waals surface area (Å²) in [5.41, 5.74) is 7.35. The second-order valence-electron chi connectivity index (χ2n) is 9.10. The lowest BCUT2D eigenvalue weighted by atomic mass is 9.98. The van der Waals surface area contributed by atoms with E-state index in [2.05, 4.69) is 21.1 Å². The summed E-state index contributed by atoms with van der Waals surface area (Å²) in [6.45, 7) is 0.148. The van der Waals surface area contributed by atoms with E-state index in [1.807, 2.05) is 60.7 Å². The zero-order chi connectivity index (χ0) is 31.3. The van der Waals surface area contributed by atoms with Crippen molar-refractivity contribution in [3.05, 3.63) is 107 Å². The predicted octanol–water partition coefficient (Wildman–Crippen LogP) is 5.30. The maximum Gasteiger partial charge on any atom is 0.428 e. The van der Waals surface area contributed by atoms with Crippen LogP contribution in [0.2, 0.25) is 0 Å². The van der Waals surface area contributed by atoms with Gasteiger partial charge < -0.3 is 29.2 Å². The number of methoxy groups -OCH3 is 2. The quantitative estimate of drug-likeness (QED) is 0.134. The average Bonchev–Trinajstić information content (AvgIpc) is 3.05. The van der Waals surface area contributed by atoms with E-state index < -0.39 is 12.2 Å². The number of hydrogen-bond acceptors (Lipinski definition) is 10. The zero-order valence-electron chi connectivity index (χ0n) is 23.9. The first kappa shape index (κ1) is 30.9. The predicted molar refractivity (Wildman–Crippen MR) is 163 cm³/mol. The number of nitrogens with zero attached hydrogens (tertiary/aromatic N) is 2. The van der Waals surface area contributed by atoms with Gasteiger partial charge in [0.1, 0.15) is 13.2 Å². The molecule has 0 aromatic heterocycles. The molecule has 12 nitrogen and oxygen atoms in total. The van der Waals surface area contributed by atoms with Crippen molar-refractivity contribution in [2.45, 2.75) is 13.2 Å². The highest BCUT2D eigenvalue weighted by Gasteiger charge is 2.19. The molecule has 4 aromatic rings. The molecule has 0 spiro atoms. The fourth-order valence-corrected chi connectivity index (χ4v) is 3.96. The van der Waals surface area contributed by atoms with Gasteiger partial charge in [0.25, 0.3) is 0 Å². The first-order valence-electron chi connectivity index (χ1n) is 13.2. The second-order valence-corrected chi connectivity index (χ2v) is 9.10. The molecule has 4 rings (SSSR count). The lowest BCUT2D eigenvalue weighted by Gasteiger charge is -2.15. The fourth-order valence-electron chi connectivity index (χ4n) is 3.96. The first-order chi connectivity index (χ1) is 21.4. The van der Waals surface area contributed by atoms with Gasteiger partial charge in [0.2, 0.25) is 0 Å². The van der Waals surface area contributed by atoms with Gasteiger partial charge in [-0.3, -0.25) is 0 Å². The minimum Gasteiger partial charge on any atom is -0.504 e. The van der Waals surface area contributed by atoms with Gasteiger partial charge in [-0.2, -0.15) is 10.2 Å². The van der Waals surface area contributed by atoms with Gasteiger partial charge in [0.05, 0.1) is 26.6 Å². The number of nitrogens with one attached hydrogen (secondary N) is 2. The third kappa shape index (κ3) is 8.49. The molecule has 0 saturated carbocycles. The molecule has 226 valence electrons. The molecular formula is C32H30N4O8. The standard InChI is InChI=1S/C32H30N4O8/c1-41-27-15-23(17-33-35-31(39)43-19-21-9-5-3-6-10-21)13-25(29(27)37)26-14-24(16-28(42-2)30(26)38)18-34-36-32(40)44-20-22-11-7-4-8-12-22/h3-18,37-38H,19-20H2,1-2H3,(H,35,39)(H,36,40)/b33-17+,34-18+. The number of benzene rings is 4. The minimum absolute atomic E-state index is 0.0739. The number of carbonyl (C=O) groups is 2. The highest BCUT2D eigenvalue weighted by atomic mass is 16.6. The van der Waals surface area contributed by atoms with E-state index in [4.69, 9.17) is 18.9 Å². The van der Waals surface area contributed by atoms with E-state index in [9.17, 15) is 19.8 Å². The molecule has 4 N–H and O–H groups in total. The Morgan fingerprint density at radius 2 is 1.05 bits per heavy atom. The summed E-state index contributed by atoms with van der Waals surface area (Å²) in [5.74, 6) is -0.380. The van der Waals surface area contributed by atoms with Gasteiger partial charge in [-0.1, -0.05) is 60.7 Å². The van der Waals surface area contributed by atoms with Gasteiger partial charge in [0.15, 0.2) is 23.0 Å². The fraction of sp³-hybridized carbons (Fsp3) is 0.125. The molecule has 2 amide bonds. The van der Waals surface area contributed by atoms with Crippen molar-refractivity contribution in [2.24, 2.45) is 10.2 Å². The Morgan fingerprint density at radius 3 is 1.41 bits per heavy atom. The maximum atomic E-state index is 12.0. The summed E-state index contributed by atoms with van der Waals surface area (Å²) in [5, 5.41) is 29.7. The number of carbonyl (C=O) groups excluding carboxylic acids is 2. The Labute approximate surface area is 253 Å². The number of aromatic hydroxyl groups is 2. The highest BCUT2D eigenvalue weighted by Crippen LogP contribution is 2.45. The van der Waals surface area contributed by atoms with Crippen LogP contribution in [0.1, 0.15) is 22.3 Å². The first-order valence-corrected chi connectivity index (χ1v) is 13.2. The van der Waals surface area contributed by atoms with Gasteiger partial charge in [-0.05, 0) is 46.5 Å². The number of phenolic OH excluding ortho intramolecular Hbond substituents is 2. The SMILES string of the molecule is COc1cc(/C=N/NC(=O)OCc2ccccc2)cc(-c2cc(/C=N/NC(=O)OCc3ccccc3)cc(OC)c2O)c1O. The lowest BCUT2D eigenvalue weighted by Crippen LogP contribution is -2.18. The van der Waals surface area contributed by atoms with Crippen LogP contribution in [0.25, 0.3) is 11.1 Å². The second kappa shape index (κ2) is 15.3. The number of amides is 2. The van der Waals surface area contributed by atoms with Gasteiger partial charge in [-0.25, -0.2) is 20.4 Å². The van der Waals surface area contributed by atoms with E-state index in [0.29, 0.717) is 11.1 Å². The van der Waals surface area contributed by atoms with E-state index in [1.165, 1.54) is 50.9 Å². The lowest BCUT2D eigenvalue weighted by molar-refractivity contribution is 0.139. The molecular weight excluding hydrogens is 568 g/mol. The molecule has 12 heteroatoms. The number of rotatable bonds is 11. The minimum atomic E-state index is -0.761. The van der Waals surface area contributed by atoms with Crippen LogP contribution < -0.4 is 20.3 Å². The summed E-state index contributed by atoms with van der Waals surface area (Å²) in [4.78, 5) is 24.1. The number of hydrazone groups is 2. The van der Waals surface area contributed by atoms with Crippen molar-refractivity contribution in [3.63, 3.8) is 0 Å². The Kier molecular flexibility index (Phi) is 10.7. The summed E-state index contributed by atoms with van der Waals surface area (Å²) in [7, 11) is 2.73. The molecule has 0 atom stereocenters. The number of ether oxygens (including phenoxy) is 4. The highest BCUT2D eigenvalue weighted by molar-refractivity contribution is 5.92. The van der Waals surface area contributed by atoms with E-state index in [0.717, 1.165) is 11.1 Å². The van der Waals surface area contributed by atoms with Gasteiger partial charge in [0, 0.05) is 11.1 Å². The van der Waals surface area contributed by atoms with Gasteiger partial charge in [-0.15, -0.1) is 0 Å². The molecule has 0 fully saturated rings. The zero-order valence-corrected chi connectivity index (χ0v) is 23.9. The van der Waals surface area contributed by atoms with Crippen LogP contribution in [-0.2, 0) is 22.7 Å². The summed E-state index contributed by atoms with van der Waals surface area (Å²) in [6, 6.07) is 24.4. The van der Waals surface area contributed by atoms with Crippen molar-refractivity contribution in [2.75, 3.05) is 14.2 Å². The van der Waals surface area contributed by atoms with E-state index in [-0.39, 0.29) is 47.3 Å². The Morgan fingerprint density at radius 1 is 0.659 bits per heavy atom. The normalized spacial score (nSPS) is 10.9. The Hall–Kier alpha value is -6.04. The molecule has 0 aliphatic heterocycles. The molecule has 44 heavy (non-hydrogen) atoms. The summed E-state index contributed by atoms with van der Waals surface area (Å²) < 4.78 is 20.9. The van der Waals surface area contributed by atoms with E-state index in [1.54, 1.807) is 0 Å². The van der Waals surface area contributed by atoms with Crippen molar-refractivity contribution < 1.29 is 38.7 Å². The third-order valence-electron chi connectivity index (χ3n) is 6.09. The number of phenols is 2. The molecule has 0 unspecified atom stereocenters. The molecule has 4 aromatic carbocycles. The van der Waals surface area contributed by atoms with Crippen molar-refractivity contribution in [1.29, 1.82) is 0 Å². The van der Waals surface area contributed by atoms with Crippen LogP contribution in [-0.4, -0.2) is 49.0 Å².